The molecule has 0 unspecified atom stereocenters. The fraction of sp³-hybridized carbons (Fsp3) is 0.375. The minimum absolute atomic E-state index is 0.0602. The summed E-state index contributed by atoms with van der Waals surface area (Å²) >= 11 is 0. The zero-order valence-corrected chi connectivity index (χ0v) is 19.2. The molecule has 0 bridgehead atoms. The number of anilines is 1. The zero-order valence-electron chi connectivity index (χ0n) is 19.2. The van der Waals surface area contributed by atoms with Crippen LogP contribution in [0.1, 0.15) is 31.2 Å². The molecule has 2 aliphatic rings. The van der Waals surface area contributed by atoms with E-state index in [1.807, 2.05) is 6.07 Å². The number of hydrogen-bond donors (Lipinski definition) is 0. The molecule has 0 N–H and O–H groups in total. The van der Waals surface area contributed by atoms with Gasteiger partial charge in [-0.15, -0.1) is 0 Å². The average molecular weight is 501 g/mol. The van der Waals surface area contributed by atoms with Gasteiger partial charge in [0.1, 0.15) is 24.7 Å². The zero-order chi connectivity index (χ0) is 25.4. The van der Waals surface area contributed by atoms with Crippen LogP contribution in [0.25, 0.3) is 10.9 Å². The molecule has 1 aliphatic carbocycles. The van der Waals surface area contributed by atoms with Gasteiger partial charge in [-0.3, -0.25) is 19.6 Å². The molecule has 2 aromatic heterocycles. The van der Waals surface area contributed by atoms with Crippen molar-refractivity contribution in [3.05, 3.63) is 48.5 Å². The van der Waals surface area contributed by atoms with Gasteiger partial charge in [0.25, 0.3) is 5.91 Å². The molecule has 1 aliphatic heterocycles. The normalized spacial score (nSPS) is 20.8. The van der Waals surface area contributed by atoms with Crippen molar-refractivity contribution in [1.82, 2.24) is 19.9 Å². The number of nitrogens with zero attached hydrogens (tertiary/aromatic N) is 5. The largest absolute Gasteiger partial charge is 0.497 e. The molecule has 0 atom stereocenters. The first-order valence-electron chi connectivity index (χ1n) is 11.4. The number of ether oxygens (including phenoxy) is 2. The minimum Gasteiger partial charge on any atom is -0.497 e. The number of aromatic nitrogens is 3. The molecule has 0 radical (unpaired) electrons. The third kappa shape index (κ3) is 4.50. The highest BCUT2D eigenvalue weighted by atomic mass is 19.4. The second-order valence-corrected chi connectivity index (χ2v) is 8.67. The van der Waals surface area contributed by atoms with Crippen molar-refractivity contribution in [2.45, 2.75) is 44.0 Å². The molecular weight excluding hydrogens is 479 g/mol. The van der Waals surface area contributed by atoms with Crippen molar-refractivity contribution in [2.75, 3.05) is 18.6 Å². The lowest BCUT2D eigenvalue weighted by molar-refractivity contribution is -0.137. The number of methoxy groups -OCH3 is 1. The molecule has 2 fully saturated rings. The molecule has 36 heavy (non-hydrogen) atoms. The smallest absolute Gasteiger partial charge is 0.417 e. The number of alkyl halides is 3. The van der Waals surface area contributed by atoms with Gasteiger partial charge in [0.05, 0.1) is 35.5 Å². The lowest BCUT2D eigenvalue weighted by atomic mass is 9.92. The van der Waals surface area contributed by atoms with E-state index in [0.29, 0.717) is 49.0 Å². The van der Waals surface area contributed by atoms with Gasteiger partial charge in [-0.05, 0) is 43.9 Å². The third-order valence-corrected chi connectivity index (χ3v) is 6.46. The highest BCUT2D eigenvalue weighted by Crippen LogP contribution is 2.34. The van der Waals surface area contributed by atoms with Crippen LogP contribution in [0.4, 0.5) is 23.7 Å². The SMILES string of the molecule is COc1ccc2c(OC3CCC(N4C(=O)CN(c5cncc(C(F)(F)F)c5)C4=O)CC3)ncnc2c1. The molecule has 0 spiro atoms. The Hall–Kier alpha value is -3.96. The van der Waals surface area contributed by atoms with Gasteiger partial charge < -0.3 is 9.47 Å². The molecule has 1 aromatic carbocycles. The predicted octanol–water partition coefficient (Wildman–Crippen LogP) is 4.21. The first-order valence-corrected chi connectivity index (χ1v) is 11.4. The van der Waals surface area contributed by atoms with E-state index in [4.69, 9.17) is 9.47 Å². The molecule has 5 rings (SSSR count). The Morgan fingerprint density at radius 2 is 1.81 bits per heavy atom. The van der Waals surface area contributed by atoms with E-state index in [-0.39, 0.29) is 24.4 Å². The maximum atomic E-state index is 13.1. The number of halogens is 3. The summed E-state index contributed by atoms with van der Waals surface area (Å²) in [5.41, 5.74) is -0.354. The van der Waals surface area contributed by atoms with Crippen LogP contribution in [0.15, 0.2) is 43.0 Å². The number of pyridine rings is 1. The molecule has 188 valence electrons. The first kappa shape index (κ1) is 23.8. The van der Waals surface area contributed by atoms with Crippen LogP contribution in [0.2, 0.25) is 0 Å². The topological polar surface area (TPSA) is 97.8 Å². The Balaban J connectivity index is 1.25. The Morgan fingerprint density at radius 1 is 1.03 bits per heavy atom. The number of carbonyl (C=O) groups excluding carboxylic acids is 2. The van der Waals surface area contributed by atoms with Crippen LogP contribution in [0.3, 0.4) is 0 Å². The second kappa shape index (κ2) is 9.25. The number of amides is 3. The highest BCUT2D eigenvalue weighted by Gasteiger charge is 2.43. The number of urea groups is 1. The number of fused-ring (bicyclic) bond motifs is 1. The van der Waals surface area contributed by atoms with E-state index in [2.05, 4.69) is 15.0 Å². The van der Waals surface area contributed by atoms with E-state index in [0.717, 1.165) is 27.4 Å². The summed E-state index contributed by atoms with van der Waals surface area (Å²) in [7, 11) is 1.57. The highest BCUT2D eigenvalue weighted by molar-refractivity contribution is 6.12. The van der Waals surface area contributed by atoms with Crippen molar-refractivity contribution < 1.29 is 32.2 Å². The predicted molar refractivity (Wildman–Crippen MR) is 122 cm³/mol. The number of benzene rings is 1. The lowest BCUT2D eigenvalue weighted by Gasteiger charge is -2.33. The molecule has 3 heterocycles. The van der Waals surface area contributed by atoms with Crippen molar-refractivity contribution >= 4 is 28.5 Å². The number of carbonyl (C=O) groups is 2. The number of rotatable bonds is 5. The molecule has 3 amide bonds. The van der Waals surface area contributed by atoms with Crippen LogP contribution < -0.4 is 14.4 Å². The van der Waals surface area contributed by atoms with Gasteiger partial charge in [-0.1, -0.05) is 0 Å². The molecule has 12 heteroatoms. The first-order chi connectivity index (χ1) is 17.2. The van der Waals surface area contributed by atoms with Gasteiger partial charge in [0.2, 0.25) is 5.88 Å². The summed E-state index contributed by atoms with van der Waals surface area (Å²) in [4.78, 5) is 40.0. The van der Waals surface area contributed by atoms with Crippen molar-refractivity contribution in [3.63, 3.8) is 0 Å². The fourth-order valence-corrected chi connectivity index (χ4v) is 4.62. The van der Waals surface area contributed by atoms with E-state index < -0.39 is 23.7 Å². The Labute approximate surface area is 203 Å². The molecular formula is C24H22F3N5O4. The second-order valence-electron chi connectivity index (χ2n) is 8.67. The van der Waals surface area contributed by atoms with Crippen LogP contribution in [0.5, 0.6) is 11.6 Å². The minimum atomic E-state index is -4.60. The average Bonchev–Trinajstić information content (AvgIpc) is 3.17. The third-order valence-electron chi connectivity index (χ3n) is 6.46. The monoisotopic (exact) mass is 501 g/mol. The van der Waals surface area contributed by atoms with E-state index >= 15 is 0 Å². The van der Waals surface area contributed by atoms with Crippen LogP contribution in [0, 0.1) is 0 Å². The molecule has 9 nitrogen and oxygen atoms in total. The van der Waals surface area contributed by atoms with E-state index in [9.17, 15) is 22.8 Å². The molecule has 3 aromatic rings. The quantitative estimate of drug-likeness (QED) is 0.483. The Kier molecular flexibility index (Phi) is 6.10. The maximum absolute atomic E-state index is 13.1. The van der Waals surface area contributed by atoms with Gasteiger partial charge in [-0.25, -0.2) is 14.8 Å². The Morgan fingerprint density at radius 3 is 2.53 bits per heavy atom. The van der Waals surface area contributed by atoms with Gasteiger partial charge in [-0.2, -0.15) is 13.2 Å². The van der Waals surface area contributed by atoms with Gasteiger partial charge >= 0.3 is 12.2 Å². The fourth-order valence-electron chi connectivity index (χ4n) is 4.62. The number of imide groups is 1. The van der Waals surface area contributed by atoms with Crippen LogP contribution >= 0.6 is 0 Å². The molecule has 1 saturated carbocycles. The van der Waals surface area contributed by atoms with Gasteiger partial charge in [0.15, 0.2) is 0 Å². The van der Waals surface area contributed by atoms with Crippen LogP contribution in [-0.2, 0) is 11.0 Å². The van der Waals surface area contributed by atoms with Gasteiger partial charge in [0, 0.05) is 18.3 Å². The van der Waals surface area contributed by atoms with Crippen molar-refractivity contribution in [2.24, 2.45) is 0 Å². The van der Waals surface area contributed by atoms with Crippen LogP contribution in [-0.4, -0.2) is 57.6 Å². The Bertz CT molecular complexity index is 1310. The summed E-state index contributed by atoms with van der Waals surface area (Å²) < 4.78 is 50.6. The maximum Gasteiger partial charge on any atom is 0.417 e. The van der Waals surface area contributed by atoms with E-state index in [1.165, 1.54) is 6.33 Å². The van der Waals surface area contributed by atoms with E-state index in [1.54, 1.807) is 19.2 Å². The van der Waals surface area contributed by atoms with Crippen molar-refractivity contribution in [1.29, 1.82) is 0 Å². The summed E-state index contributed by atoms with van der Waals surface area (Å²) in [5.74, 6) is 0.669. The summed E-state index contributed by atoms with van der Waals surface area (Å²) in [6.45, 7) is -0.325. The standard InChI is InChI=1S/C24H22F3N5O4/c1-35-18-6-7-19-20(9-18)29-13-30-22(19)36-17-4-2-15(3-5-17)32-21(33)12-31(23(32)34)16-8-14(10-28-11-16)24(25,26)27/h6-11,13,15,17H,2-5,12H2,1H3. The molecule has 1 saturated heterocycles. The number of hydrogen-bond acceptors (Lipinski definition) is 7. The van der Waals surface area contributed by atoms with Crippen molar-refractivity contribution in [3.8, 4) is 11.6 Å². The summed E-state index contributed by atoms with van der Waals surface area (Å²) in [6, 6.07) is 5.24. The lowest BCUT2D eigenvalue weighted by Crippen LogP contribution is -2.44. The summed E-state index contributed by atoms with van der Waals surface area (Å²) in [6.07, 6.45) is 0.650. The summed E-state index contributed by atoms with van der Waals surface area (Å²) in [5, 5.41) is 0.746.